The third-order valence-electron chi connectivity index (χ3n) is 4.38. The molecule has 24 heavy (non-hydrogen) atoms. The summed E-state index contributed by atoms with van der Waals surface area (Å²) in [6.45, 7) is 15.1. The minimum atomic E-state index is 0.0676. The van der Waals surface area contributed by atoms with Crippen LogP contribution in [0.15, 0.2) is 24.3 Å². The molecule has 2 aromatic carbocycles. The van der Waals surface area contributed by atoms with Crippen molar-refractivity contribution in [2.75, 3.05) is 5.83 Å². The number of halogens is 1. The third kappa shape index (κ3) is 4.42. The van der Waals surface area contributed by atoms with Gasteiger partial charge in [0.1, 0.15) is 5.75 Å². The largest absolute Gasteiger partial charge is 0.507 e. The standard InChI is InChI=1S/C21H28O.CH3Br/c1-8-16-10-13(2)9-14(3)19(16)18-12-17(21(5,6)7)11-15(4)20(18)22;1-2/h9-12,22H,8H2,1-7H3;1H3. The number of phenolic OH excluding ortho intramolecular Hbond substituents is 1. The SMILES string of the molecule is CBr.CCc1cc(C)cc(C)c1-c1cc(C(C)(C)C)cc(C)c1O. The second-order valence-corrected chi connectivity index (χ2v) is 7.41. The zero-order chi connectivity index (χ0) is 18.7. The average molecular weight is 391 g/mol. The molecule has 0 saturated carbocycles. The molecule has 0 amide bonds. The Labute approximate surface area is 156 Å². The molecule has 0 aliphatic carbocycles. The van der Waals surface area contributed by atoms with E-state index in [4.69, 9.17) is 0 Å². The van der Waals surface area contributed by atoms with Gasteiger partial charge in [0.25, 0.3) is 0 Å². The minimum Gasteiger partial charge on any atom is -0.507 e. The Bertz CT molecular complexity index is 709. The topological polar surface area (TPSA) is 20.2 Å². The smallest absolute Gasteiger partial charge is 0.126 e. The van der Waals surface area contributed by atoms with Gasteiger partial charge in [-0.25, -0.2) is 0 Å². The fourth-order valence-corrected chi connectivity index (χ4v) is 3.12. The number of aromatic hydroxyl groups is 1. The Morgan fingerprint density at radius 1 is 0.917 bits per heavy atom. The molecule has 0 radical (unpaired) electrons. The molecule has 132 valence electrons. The number of rotatable bonds is 2. The van der Waals surface area contributed by atoms with Gasteiger partial charge >= 0.3 is 0 Å². The number of alkyl halides is 1. The summed E-state index contributed by atoms with van der Waals surface area (Å²) < 4.78 is 0. The number of hydrogen-bond donors (Lipinski definition) is 1. The van der Waals surface area contributed by atoms with E-state index in [9.17, 15) is 5.11 Å². The number of aryl methyl sites for hydroxylation is 4. The Morgan fingerprint density at radius 2 is 1.50 bits per heavy atom. The highest BCUT2D eigenvalue weighted by atomic mass is 79.9. The van der Waals surface area contributed by atoms with E-state index >= 15 is 0 Å². The Hall–Kier alpha value is -1.28. The van der Waals surface area contributed by atoms with Crippen molar-refractivity contribution < 1.29 is 5.11 Å². The second kappa shape index (κ2) is 8.20. The average Bonchev–Trinajstić information content (AvgIpc) is 2.50. The maximum Gasteiger partial charge on any atom is 0.126 e. The van der Waals surface area contributed by atoms with Gasteiger partial charge in [-0.2, -0.15) is 0 Å². The van der Waals surface area contributed by atoms with E-state index in [0.717, 1.165) is 17.5 Å². The lowest BCUT2D eigenvalue weighted by atomic mass is 9.82. The van der Waals surface area contributed by atoms with E-state index < -0.39 is 0 Å². The van der Waals surface area contributed by atoms with Crippen LogP contribution in [0, 0.1) is 20.8 Å². The third-order valence-corrected chi connectivity index (χ3v) is 4.38. The first kappa shape index (κ1) is 20.8. The number of hydrogen-bond acceptors (Lipinski definition) is 1. The molecule has 2 heteroatoms. The molecule has 0 unspecified atom stereocenters. The Balaban J connectivity index is 0.00000139. The van der Waals surface area contributed by atoms with Crippen molar-refractivity contribution in [2.24, 2.45) is 0 Å². The van der Waals surface area contributed by atoms with E-state index in [1.165, 1.54) is 27.8 Å². The maximum atomic E-state index is 10.7. The molecule has 0 atom stereocenters. The molecule has 1 nitrogen and oxygen atoms in total. The monoisotopic (exact) mass is 390 g/mol. The quantitative estimate of drug-likeness (QED) is 0.555. The van der Waals surface area contributed by atoms with Crippen molar-refractivity contribution in [3.05, 3.63) is 52.1 Å². The van der Waals surface area contributed by atoms with Crippen molar-refractivity contribution in [3.63, 3.8) is 0 Å². The van der Waals surface area contributed by atoms with Crippen LogP contribution in [0.25, 0.3) is 11.1 Å². The minimum absolute atomic E-state index is 0.0676. The molecule has 0 aromatic heterocycles. The number of benzene rings is 2. The van der Waals surface area contributed by atoms with Gasteiger partial charge in [-0.15, -0.1) is 0 Å². The first-order chi connectivity index (χ1) is 11.1. The summed E-state index contributed by atoms with van der Waals surface area (Å²) in [4.78, 5) is 0. The Kier molecular flexibility index (Phi) is 7.10. The summed E-state index contributed by atoms with van der Waals surface area (Å²) in [5.74, 6) is 2.22. The lowest BCUT2D eigenvalue weighted by Crippen LogP contribution is -2.11. The van der Waals surface area contributed by atoms with Crippen molar-refractivity contribution in [1.82, 2.24) is 0 Å². The van der Waals surface area contributed by atoms with E-state index in [0.29, 0.717) is 5.75 Å². The van der Waals surface area contributed by atoms with Crippen LogP contribution in [0.2, 0.25) is 0 Å². The van der Waals surface area contributed by atoms with Crippen molar-refractivity contribution >= 4 is 15.9 Å². The highest BCUT2D eigenvalue weighted by Gasteiger charge is 2.20. The van der Waals surface area contributed by atoms with E-state index in [1.807, 2.05) is 12.8 Å². The van der Waals surface area contributed by atoms with Crippen LogP contribution in [0.1, 0.15) is 55.5 Å². The molecule has 2 rings (SSSR count). The molecule has 0 spiro atoms. The summed E-state index contributed by atoms with van der Waals surface area (Å²) in [6, 6.07) is 8.71. The predicted molar refractivity (Wildman–Crippen MR) is 111 cm³/mol. The van der Waals surface area contributed by atoms with Crippen LogP contribution in [0.3, 0.4) is 0 Å². The first-order valence-electron chi connectivity index (χ1n) is 8.47. The second-order valence-electron chi connectivity index (χ2n) is 7.41. The highest BCUT2D eigenvalue weighted by Crippen LogP contribution is 2.40. The molecule has 1 N–H and O–H groups in total. The van der Waals surface area contributed by atoms with Crippen LogP contribution in [0.5, 0.6) is 5.75 Å². The van der Waals surface area contributed by atoms with Gasteiger partial charge in [0, 0.05) is 5.56 Å². The summed E-state index contributed by atoms with van der Waals surface area (Å²) in [5, 5.41) is 10.7. The fourth-order valence-electron chi connectivity index (χ4n) is 3.12. The van der Waals surface area contributed by atoms with Crippen molar-refractivity contribution in [1.29, 1.82) is 0 Å². The van der Waals surface area contributed by atoms with Gasteiger partial charge < -0.3 is 5.11 Å². The van der Waals surface area contributed by atoms with Gasteiger partial charge in [0.15, 0.2) is 0 Å². The fraction of sp³-hybridized carbons (Fsp3) is 0.455. The normalized spacial score (nSPS) is 11.0. The molecule has 2 aromatic rings. The first-order valence-corrected chi connectivity index (χ1v) is 10.1. The maximum absolute atomic E-state index is 10.7. The lowest BCUT2D eigenvalue weighted by molar-refractivity contribution is 0.471. The zero-order valence-corrected chi connectivity index (χ0v) is 17.9. The molecule has 0 fully saturated rings. The van der Waals surface area contributed by atoms with Crippen molar-refractivity contribution in [2.45, 2.75) is 60.3 Å². The van der Waals surface area contributed by atoms with Gasteiger partial charge in [-0.05, 0) is 72.3 Å². The lowest BCUT2D eigenvalue weighted by Gasteiger charge is -2.23. The number of phenols is 1. The van der Waals surface area contributed by atoms with Gasteiger partial charge in [-0.3, -0.25) is 0 Å². The zero-order valence-electron chi connectivity index (χ0n) is 16.3. The van der Waals surface area contributed by atoms with Gasteiger partial charge in [-0.1, -0.05) is 67.4 Å². The van der Waals surface area contributed by atoms with Crippen LogP contribution >= 0.6 is 15.9 Å². The summed E-state index contributed by atoms with van der Waals surface area (Å²) in [6.07, 6.45) is 0.968. The van der Waals surface area contributed by atoms with Crippen LogP contribution < -0.4 is 0 Å². The van der Waals surface area contributed by atoms with Crippen LogP contribution in [-0.2, 0) is 11.8 Å². The molecule has 0 aliphatic rings. The van der Waals surface area contributed by atoms with Gasteiger partial charge in [0.2, 0.25) is 0 Å². The molecule has 0 bridgehead atoms. The molecule has 0 aliphatic heterocycles. The Morgan fingerprint density at radius 3 is 2.00 bits per heavy atom. The van der Waals surface area contributed by atoms with E-state index in [1.54, 1.807) is 0 Å². The van der Waals surface area contributed by atoms with E-state index in [-0.39, 0.29) is 5.41 Å². The van der Waals surface area contributed by atoms with Crippen molar-refractivity contribution in [3.8, 4) is 16.9 Å². The van der Waals surface area contributed by atoms with E-state index in [2.05, 4.69) is 81.7 Å². The molecule has 0 heterocycles. The van der Waals surface area contributed by atoms with Crippen LogP contribution in [0.4, 0.5) is 0 Å². The summed E-state index contributed by atoms with van der Waals surface area (Å²) >= 11 is 2.94. The molecule has 0 saturated heterocycles. The predicted octanol–water partition coefficient (Wildman–Crippen LogP) is 6.86. The summed E-state index contributed by atoms with van der Waals surface area (Å²) in [5.41, 5.74) is 8.26. The highest BCUT2D eigenvalue weighted by molar-refractivity contribution is 9.08. The summed E-state index contributed by atoms with van der Waals surface area (Å²) in [7, 11) is 0. The van der Waals surface area contributed by atoms with Gasteiger partial charge in [0.05, 0.1) is 0 Å². The molecular formula is C22H31BrO. The molecular weight excluding hydrogens is 360 g/mol. The van der Waals surface area contributed by atoms with Crippen LogP contribution in [-0.4, -0.2) is 10.9 Å².